The van der Waals surface area contributed by atoms with Gasteiger partial charge in [0.1, 0.15) is 0 Å². The highest BCUT2D eigenvalue weighted by Gasteiger charge is 2.21. The molecule has 0 aliphatic heterocycles. The van der Waals surface area contributed by atoms with Crippen molar-refractivity contribution < 1.29 is 4.79 Å². The highest BCUT2D eigenvalue weighted by molar-refractivity contribution is 5.90. The number of hydrogen-bond acceptors (Lipinski definition) is 4. The van der Waals surface area contributed by atoms with Crippen molar-refractivity contribution in [1.82, 2.24) is 25.1 Å². The van der Waals surface area contributed by atoms with Gasteiger partial charge in [0.05, 0.1) is 6.04 Å². The van der Waals surface area contributed by atoms with Gasteiger partial charge in [-0.05, 0) is 35.7 Å². The average Bonchev–Trinajstić information content (AvgIpc) is 2.93. The van der Waals surface area contributed by atoms with E-state index in [1.54, 1.807) is 12.4 Å². The highest BCUT2D eigenvalue weighted by Crippen LogP contribution is 2.24. The molecule has 7 heteroatoms. The van der Waals surface area contributed by atoms with E-state index in [1.807, 2.05) is 43.3 Å². The highest BCUT2D eigenvalue weighted by atomic mass is 16.2. The first-order chi connectivity index (χ1) is 11.6. The van der Waals surface area contributed by atoms with Gasteiger partial charge in [-0.2, -0.15) is 0 Å². The largest absolute Gasteiger partial charge is 0.343 e. The fraction of sp³-hybridized carbons (Fsp3) is 0.176. The Morgan fingerprint density at radius 3 is 2.54 bits per heavy atom. The van der Waals surface area contributed by atoms with Gasteiger partial charge in [0.25, 0.3) is 5.91 Å². The number of aryl methyl sites for hydroxylation is 2. The summed E-state index contributed by atoms with van der Waals surface area (Å²) in [6.07, 6.45) is 3.35. The number of amides is 1. The second-order valence-corrected chi connectivity index (χ2v) is 5.45. The van der Waals surface area contributed by atoms with Crippen LogP contribution in [0.25, 0.3) is 0 Å². The van der Waals surface area contributed by atoms with Gasteiger partial charge in [-0.25, -0.2) is 9.48 Å². The molecule has 0 saturated heterocycles. The number of nitrogens with one attached hydrogen (secondary N) is 2. The summed E-state index contributed by atoms with van der Waals surface area (Å²) in [5.41, 5.74) is 2.48. The minimum absolute atomic E-state index is 0.0184. The topological polar surface area (TPSA) is 92.7 Å². The Balaban J connectivity index is 1.98. The van der Waals surface area contributed by atoms with Crippen LogP contribution < -0.4 is 11.0 Å². The normalized spacial score (nSPS) is 11.9. The Bertz CT molecular complexity index is 914. The molecule has 0 fully saturated rings. The predicted octanol–water partition coefficient (Wildman–Crippen LogP) is 1.33. The molecule has 0 saturated carbocycles. The zero-order valence-corrected chi connectivity index (χ0v) is 13.4. The lowest BCUT2D eigenvalue weighted by Crippen LogP contribution is -2.31. The first-order valence-electron chi connectivity index (χ1n) is 7.46. The SMILES string of the molecule is Cc1ccccc1C(NC(=O)c1nn(C)c(=O)[nH]1)c1ccncc1. The lowest BCUT2D eigenvalue weighted by molar-refractivity contribution is 0.0932. The summed E-state index contributed by atoms with van der Waals surface area (Å²) in [6.45, 7) is 1.98. The number of H-pyrrole nitrogens is 1. The number of nitrogens with zero attached hydrogens (tertiary/aromatic N) is 3. The Kier molecular flexibility index (Phi) is 4.24. The van der Waals surface area contributed by atoms with Gasteiger partial charge < -0.3 is 5.32 Å². The lowest BCUT2D eigenvalue weighted by atomic mass is 9.95. The van der Waals surface area contributed by atoms with E-state index < -0.39 is 11.6 Å². The molecule has 122 valence electrons. The van der Waals surface area contributed by atoms with Crippen molar-refractivity contribution in [3.63, 3.8) is 0 Å². The zero-order chi connectivity index (χ0) is 17.1. The van der Waals surface area contributed by atoms with Crippen LogP contribution in [0.2, 0.25) is 0 Å². The third kappa shape index (κ3) is 3.10. The summed E-state index contributed by atoms with van der Waals surface area (Å²) in [5.74, 6) is -0.465. The first kappa shape index (κ1) is 15.7. The van der Waals surface area contributed by atoms with Crippen molar-refractivity contribution in [2.75, 3.05) is 0 Å². The van der Waals surface area contributed by atoms with E-state index in [0.29, 0.717) is 0 Å². The van der Waals surface area contributed by atoms with Gasteiger partial charge in [0, 0.05) is 19.4 Å². The number of aromatic amines is 1. The molecule has 0 spiro atoms. The molecule has 0 aliphatic rings. The summed E-state index contributed by atoms with van der Waals surface area (Å²) < 4.78 is 1.09. The molecular formula is C17H17N5O2. The van der Waals surface area contributed by atoms with Crippen LogP contribution in [0.3, 0.4) is 0 Å². The van der Waals surface area contributed by atoms with Crippen LogP contribution in [0.4, 0.5) is 0 Å². The molecule has 0 radical (unpaired) electrons. The molecule has 0 bridgehead atoms. The number of pyridine rings is 1. The fourth-order valence-electron chi connectivity index (χ4n) is 2.51. The second-order valence-electron chi connectivity index (χ2n) is 5.45. The average molecular weight is 323 g/mol. The quantitative estimate of drug-likeness (QED) is 0.757. The molecular weight excluding hydrogens is 306 g/mol. The van der Waals surface area contributed by atoms with Crippen LogP contribution in [0, 0.1) is 6.92 Å². The van der Waals surface area contributed by atoms with Crippen LogP contribution in [-0.2, 0) is 7.05 Å². The first-order valence-corrected chi connectivity index (χ1v) is 7.46. The molecule has 1 unspecified atom stereocenters. The Morgan fingerprint density at radius 2 is 1.92 bits per heavy atom. The van der Waals surface area contributed by atoms with Crippen molar-refractivity contribution in [2.24, 2.45) is 7.05 Å². The molecule has 2 N–H and O–H groups in total. The molecule has 7 nitrogen and oxygen atoms in total. The van der Waals surface area contributed by atoms with Crippen LogP contribution in [0.15, 0.2) is 53.6 Å². The molecule has 2 aromatic heterocycles. The molecule has 2 heterocycles. The number of carbonyl (C=O) groups is 1. The number of benzene rings is 1. The van der Waals surface area contributed by atoms with Crippen molar-refractivity contribution in [1.29, 1.82) is 0 Å². The second kappa shape index (κ2) is 6.49. The van der Waals surface area contributed by atoms with Gasteiger partial charge in [0.2, 0.25) is 5.82 Å². The summed E-state index contributed by atoms with van der Waals surface area (Å²) in [6, 6.07) is 11.1. The minimum atomic E-state index is -0.447. The van der Waals surface area contributed by atoms with E-state index in [1.165, 1.54) is 7.05 Å². The van der Waals surface area contributed by atoms with Gasteiger partial charge in [0.15, 0.2) is 0 Å². The van der Waals surface area contributed by atoms with Crippen molar-refractivity contribution in [3.8, 4) is 0 Å². The standard InChI is InChI=1S/C17H17N5O2/c1-11-5-3-4-6-13(11)14(12-7-9-18-10-8-12)19-16(23)15-20-17(24)22(2)21-15/h3-10,14H,1-2H3,(H,19,23)(H,20,21,24). The molecule has 1 amide bonds. The Labute approximate surface area is 138 Å². The van der Waals surface area contributed by atoms with Crippen LogP contribution >= 0.6 is 0 Å². The number of aromatic nitrogens is 4. The van der Waals surface area contributed by atoms with Gasteiger partial charge in [-0.15, -0.1) is 5.10 Å². The minimum Gasteiger partial charge on any atom is -0.338 e. The van der Waals surface area contributed by atoms with E-state index in [-0.39, 0.29) is 11.9 Å². The van der Waals surface area contributed by atoms with Crippen molar-refractivity contribution in [2.45, 2.75) is 13.0 Å². The predicted molar refractivity (Wildman–Crippen MR) is 88.6 cm³/mol. The van der Waals surface area contributed by atoms with E-state index in [0.717, 1.165) is 21.4 Å². The lowest BCUT2D eigenvalue weighted by Gasteiger charge is -2.20. The molecule has 3 rings (SSSR count). The maximum Gasteiger partial charge on any atom is 0.343 e. The Morgan fingerprint density at radius 1 is 1.21 bits per heavy atom. The van der Waals surface area contributed by atoms with Crippen molar-refractivity contribution >= 4 is 5.91 Å². The smallest absolute Gasteiger partial charge is 0.338 e. The summed E-state index contributed by atoms with van der Waals surface area (Å²) >= 11 is 0. The van der Waals surface area contributed by atoms with E-state index in [9.17, 15) is 9.59 Å². The maximum absolute atomic E-state index is 12.5. The van der Waals surface area contributed by atoms with E-state index in [4.69, 9.17) is 0 Å². The van der Waals surface area contributed by atoms with Crippen molar-refractivity contribution in [3.05, 3.63) is 81.8 Å². The molecule has 1 atom stereocenters. The van der Waals surface area contributed by atoms with Crippen LogP contribution in [-0.4, -0.2) is 25.7 Å². The maximum atomic E-state index is 12.5. The monoisotopic (exact) mass is 323 g/mol. The molecule has 1 aromatic carbocycles. The zero-order valence-electron chi connectivity index (χ0n) is 13.4. The van der Waals surface area contributed by atoms with E-state index in [2.05, 4.69) is 20.4 Å². The number of carbonyl (C=O) groups excluding carboxylic acids is 1. The molecule has 24 heavy (non-hydrogen) atoms. The number of rotatable bonds is 4. The van der Waals surface area contributed by atoms with E-state index >= 15 is 0 Å². The third-order valence-electron chi connectivity index (χ3n) is 3.80. The van der Waals surface area contributed by atoms with Crippen LogP contribution in [0.1, 0.15) is 33.4 Å². The summed E-state index contributed by atoms with van der Waals surface area (Å²) in [4.78, 5) is 30.4. The Hall–Kier alpha value is -3.22. The fourth-order valence-corrected chi connectivity index (χ4v) is 2.51. The van der Waals surface area contributed by atoms with Gasteiger partial charge in [-0.3, -0.25) is 14.8 Å². The molecule has 3 aromatic rings. The van der Waals surface area contributed by atoms with Crippen LogP contribution in [0.5, 0.6) is 0 Å². The van der Waals surface area contributed by atoms with Gasteiger partial charge in [-0.1, -0.05) is 24.3 Å². The molecule has 0 aliphatic carbocycles. The third-order valence-corrected chi connectivity index (χ3v) is 3.80. The number of hydrogen-bond donors (Lipinski definition) is 2. The summed E-state index contributed by atoms with van der Waals surface area (Å²) in [5, 5.41) is 6.83. The van der Waals surface area contributed by atoms with Gasteiger partial charge >= 0.3 is 5.69 Å². The summed E-state index contributed by atoms with van der Waals surface area (Å²) in [7, 11) is 1.48.